The number of thioether (sulfide) groups is 1. The van der Waals surface area contributed by atoms with Gasteiger partial charge in [-0.3, -0.25) is 14.4 Å². The molecular formula is C25H23ClF3N3O3S. The molecule has 4 rings (SSSR count). The summed E-state index contributed by atoms with van der Waals surface area (Å²) in [7, 11) is 0. The normalized spacial score (nSPS) is 19.1. The van der Waals surface area contributed by atoms with Crippen molar-refractivity contribution in [3.8, 4) is 0 Å². The minimum atomic E-state index is -4.39. The number of nitrogens with one attached hydrogen (secondary N) is 1. The van der Waals surface area contributed by atoms with E-state index >= 15 is 0 Å². The Morgan fingerprint density at radius 3 is 2.50 bits per heavy atom. The number of alkyl halides is 3. The number of nitrogens with zero attached hydrogens (tertiary/aromatic N) is 2. The van der Waals surface area contributed by atoms with Crippen LogP contribution in [0.3, 0.4) is 0 Å². The molecule has 2 aliphatic rings. The number of carbonyl (C=O) groups excluding carboxylic acids is 3. The highest BCUT2D eigenvalue weighted by molar-refractivity contribution is 8.00. The number of piperidine rings is 1. The number of Topliss-reactive ketones (excluding diaryl/α,β-unsaturated/α-hetero) is 1. The lowest BCUT2D eigenvalue weighted by molar-refractivity contribution is -0.147. The van der Waals surface area contributed by atoms with Crippen LogP contribution in [0.4, 0.5) is 19.0 Å². The second-order valence-electron chi connectivity index (χ2n) is 9.28. The van der Waals surface area contributed by atoms with Gasteiger partial charge in [0.25, 0.3) is 0 Å². The molecule has 1 aliphatic heterocycles. The molecule has 0 atom stereocenters. The molecule has 11 heteroatoms. The largest absolute Gasteiger partial charge is 0.446 e. The highest BCUT2D eigenvalue weighted by Crippen LogP contribution is 2.37. The van der Waals surface area contributed by atoms with Crippen molar-refractivity contribution in [1.82, 2.24) is 9.88 Å². The number of hydrogen-bond acceptors (Lipinski definition) is 5. The Kier molecular flexibility index (Phi) is 7.21. The Morgan fingerprint density at radius 1 is 1.22 bits per heavy atom. The van der Waals surface area contributed by atoms with Crippen molar-refractivity contribution in [2.75, 3.05) is 5.32 Å². The van der Waals surface area contributed by atoms with Crippen molar-refractivity contribution >= 4 is 52.9 Å². The standard InChI is InChI=1S/C25H23ClF3N3O3S/c1-24(2)22(34)17(9-14-3-7-18(8-4-14)36-25(27,28)29)12-21(33)32(24)13-15-10-19(26)30-20(11-15)31-23(35)16-5-6-16/h3-4,7-11,16H,5-6,12-13H2,1-2H3,(H,30,31,35)/b17-9-. The van der Waals surface area contributed by atoms with Gasteiger partial charge < -0.3 is 10.2 Å². The third-order valence-corrected chi connectivity index (χ3v) is 6.95. The fourth-order valence-electron chi connectivity index (χ4n) is 4.00. The van der Waals surface area contributed by atoms with Crippen molar-refractivity contribution in [2.24, 2.45) is 5.92 Å². The van der Waals surface area contributed by atoms with Crippen LogP contribution in [0, 0.1) is 5.92 Å². The summed E-state index contributed by atoms with van der Waals surface area (Å²) < 4.78 is 37.7. The topological polar surface area (TPSA) is 79.4 Å². The van der Waals surface area contributed by atoms with Crippen molar-refractivity contribution in [3.05, 3.63) is 58.3 Å². The van der Waals surface area contributed by atoms with Crippen molar-refractivity contribution in [1.29, 1.82) is 0 Å². The third-order valence-electron chi connectivity index (χ3n) is 6.01. The van der Waals surface area contributed by atoms with Crippen LogP contribution in [-0.4, -0.2) is 38.5 Å². The molecule has 2 amide bonds. The summed E-state index contributed by atoms with van der Waals surface area (Å²) in [5.74, 6) is -0.403. The van der Waals surface area contributed by atoms with Gasteiger partial charge in [0.15, 0.2) is 5.78 Å². The predicted molar refractivity (Wildman–Crippen MR) is 131 cm³/mol. The lowest BCUT2D eigenvalue weighted by atomic mass is 9.83. The maximum Gasteiger partial charge on any atom is 0.446 e. The van der Waals surface area contributed by atoms with Crippen LogP contribution in [0.2, 0.25) is 5.15 Å². The van der Waals surface area contributed by atoms with Crippen molar-refractivity contribution in [2.45, 2.75) is 55.6 Å². The summed E-state index contributed by atoms with van der Waals surface area (Å²) in [4.78, 5) is 44.1. The van der Waals surface area contributed by atoms with Crippen molar-refractivity contribution < 1.29 is 27.6 Å². The molecule has 1 saturated carbocycles. The summed E-state index contributed by atoms with van der Waals surface area (Å²) in [5, 5.41) is 2.89. The summed E-state index contributed by atoms with van der Waals surface area (Å²) in [6.07, 6.45) is 3.07. The zero-order valence-corrected chi connectivity index (χ0v) is 21.1. The maximum atomic E-state index is 13.3. The number of hydrogen-bond donors (Lipinski definition) is 1. The van der Waals surface area contributed by atoms with Gasteiger partial charge in [-0.1, -0.05) is 23.7 Å². The summed E-state index contributed by atoms with van der Waals surface area (Å²) in [6, 6.07) is 8.82. The maximum absolute atomic E-state index is 13.3. The van der Waals surface area contributed by atoms with Crippen LogP contribution in [0.15, 0.2) is 46.9 Å². The van der Waals surface area contributed by atoms with E-state index in [2.05, 4.69) is 10.3 Å². The number of carbonyl (C=O) groups is 3. The molecule has 6 nitrogen and oxygen atoms in total. The van der Waals surface area contributed by atoms with Crippen LogP contribution < -0.4 is 5.32 Å². The van der Waals surface area contributed by atoms with Crippen LogP contribution in [0.1, 0.15) is 44.2 Å². The van der Waals surface area contributed by atoms with Crippen LogP contribution in [0.25, 0.3) is 6.08 Å². The minimum absolute atomic E-state index is 0.0146. The molecule has 1 N–H and O–H groups in total. The SMILES string of the molecule is CC1(C)C(=O)/C(=C\c2ccc(SC(F)(F)F)cc2)CC(=O)N1Cc1cc(Cl)nc(NC(=O)C2CC2)c1. The van der Waals surface area contributed by atoms with Gasteiger partial charge in [0.05, 0.1) is 6.42 Å². The smallest absolute Gasteiger partial charge is 0.326 e. The van der Waals surface area contributed by atoms with E-state index < -0.39 is 11.0 Å². The Bertz CT molecular complexity index is 1240. The number of anilines is 1. The van der Waals surface area contributed by atoms with E-state index in [1.54, 1.807) is 26.0 Å². The number of halogens is 4. The van der Waals surface area contributed by atoms with E-state index in [1.165, 1.54) is 35.2 Å². The monoisotopic (exact) mass is 537 g/mol. The number of benzene rings is 1. The summed E-state index contributed by atoms with van der Waals surface area (Å²) >= 11 is 5.92. The second-order valence-corrected chi connectivity index (χ2v) is 10.8. The molecule has 0 bridgehead atoms. The van der Waals surface area contributed by atoms with Crippen LogP contribution in [-0.2, 0) is 20.9 Å². The number of amides is 2. The fourth-order valence-corrected chi connectivity index (χ4v) is 4.77. The Hall–Kier alpha value is -2.85. The zero-order valence-electron chi connectivity index (χ0n) is 19.5. The van der Waals surface area contributed by atoms with Crippen molar-refractivity contribution in [3.63, 3.8) is 0 Å². The second kappa shape index (κ2) is 9.89. The molecule has 1 aromatic heterocycles. The Balaban J connectivity index is 1.51. The Labute approximate surface area is 215 Å². The number of pyridine rings is 1. The van der Waals surface area contributed by atoms with Crippen LogP contribution >= 0.6 is 23.4 Å². The van der Waals surface area contributed by atoms with Crippen LogP contribution in [0.5, 0.6) is 0 Å². The molecule has 1 aromatic carbocycles. The van der Waals surface area contributed by atoms with E-state index in [0.717, 1.165) is 12.8 Å². The summed E-state index contributed by atoms with van der Waals surface area (Å²) in [5.41, 5.74) is -4.15. The van der Waals surface area contributed by atoms with Gasteiger partial charge in [0, 0.05) is 22.9 Å². The highest BCUT2D eigenvalue weighted by Gasteiger charge is 2.44. The molecule has 2 fully saturated rings. The molecule has 1 aliphatic carbocycles. The number of aromatic nitrogens is 1. The number of ketones is 1. The average molecular weight is 538 g/mol. The van der Waals surface area contributed by atoms with Gasteiger partial charge in [-0.25, -0.2) is 4.98 Å². The van der Waals surface area contributed by atoms with Gasteiger partial charge in [0.2, 0.25) is 11.8 Å². The average Bonchev–Trinajstić information content (AvgIpc) is 3.61. The van der Waals surface area contributed by atoms with Gasteiger partial charge in [0.1, 0.15) is 16.5 Å². The van der Waals surface area contributed by atoms with E-state index in [-0.39, 0.29) is 69.7 Å². The van der Waals surface area contributed by atoms with Gasteiger partial charge in [-0.15, -0.1) is 0 Å². The minimum Gasteiger partial charge on any atom is -0.326 e. The number of rotatable bonds is 6. The quantitative estimate of drug-likeness (QED) is 0.284. The molecule has 190 valence electrons. The molecule has 36 heavy (non-hydrogen) atoms. The lowest BCUT2D eigenvalue weighted by Crippen LogP contribution is -2.56. The molecule has 2 aromatic rings. The van der Waals surface area contributed by atoms with E-state index in [1.807, 2.05) is 0 Å². The lowest BCUT2D eigenvalue weighted by Gasteiger charge is -2.42. The van der Waals surface area contributed by atoms with Gasteiger partial charge >= 0.3 is 5.51 Å². The first-order chi connectivity index (χ1) is 16.8. The first kappa shape index (κ1) is 26.2. The number of likely N-dealkylation sites (tertiary alicyclic amines) is 1. The summed E-state index contributed by atoms with van der Waals surface area (Å²) in [6.45, 7) is 3.37. The van der Waals surface area contributed by atoms with E-state index in [0.29, 0.717) is 11.1 Å². The molecular weight excluding hydrogens is 515 g/mol. The zero-order chi connectivity index (χ0) is 26.3. The molecule has 0 unspecified atom stereocenters. The van der Waals surface area contributed by atoms with E-state index in [4.69, 9.17) is 11.6 Å². The third kappa shape index (κ3) is 6.28. The first-order valence-corrected chi connectivity index (χ1v) is 12.4. The predicted octanol–water partition coefficient (Wildman–Crippen LogP) is 5.86. The fraction of sp³-hybridized carbons (Fsp3) is 0.360. The highest BCUT2D eigenvalue weighted by atomic mass is 35.5. The first-order valence-electron chi connectivity index (χ1n) is 11.2. The molecule has 1 saturated heterocycles. The van der Waals surface area contributed by atoms with Gasteiger partial charge in [-0.05, 0) is 79.9 Å². The Morgan fingerprint density at radius 2 is 1.89 bits per heavy atom. The molecule has 0 spiro atoms. The van der Waals surface area contributed by atoms with Gasteiger partial charge in [-0.2, -0.15) is 13.2 Å². The molecule has 2 heterocycles. The van der Waals surface area contributed by atoms with E-state index in [9.17, 15) is 27.6 Å². The molecule has 0 radical (unpaired) electrons.